The fourth-order valence-electron chi connectivity index (χ4n) is 10.8. The van der Waals surface area contributed by atoms with Gasteiger partial charge < -0.3 is 9.47 Å². The van der Waals surface area contributed by atoms with Crippen LogP contribution < -0.4 is 4.90 Å². The van der Waals surface area contributed by atoms with Crippen LogP contribution in [0.5, 0.6) is 0 Å². The molecule has 0 radical (unpaired) electrons. The largest absolute Gasteiger partial charge is 0.310 e. The fraction of sp³-hybridized carbons (Fsp3) is 0.103. The number of fused-ring (bicyclic) bond motifs is 11. The second-order valence-electron chi connectivity index (χ2n) is 17.7. The Hall–Kier alpha value is -7.16. The summed E-state index contributed by atoms with van der Waals surface area (Å²) in [4.78, 5) is 2.50. The Labute approximate surface area is 351 Å². The molecule has 0 N–H and O–H groups in total. The van der Waals surface area contributed by atoms with E-state index in [1.807, 2.05) is 0 Å². The molecule has 1 heterocycles. The van der Waals surface area contributed by atoms with Crippen LogP contribution in [0, 0.1) is 0 Å². The molecule has 2 nitrogen and oxygen atoms in total. The summed E-state index contributed by atoms with van der Waals surface area (Å²) in [6.45, 7) is 9.49. The van der Waals surface area contributed by atoms with E-state index in [-0.39, 0.29) is 10.8 Å². The van der Waals surface area contributed by atoms with Crippen molar-refractivity contribution in [1.82, 2.24) is 4.57 Å². The van der Waals surface area contributed by atoms with Crippen LogP contribution in [0.15, 0.2) is 194 Å². The predicted octanol–water partition coefficient (Wildman–Crippen LogP) is 15.7. The molecule has 0 saturated carbocycles. The van der Waals surface area contributed by atoms with E-state index in [0.29, 0.717) is 0 Å². The van der Waals surface area contributed by atoms with Gasteiger partial charge in [-0.25, -0.2) is 0 Å². The quantitative estimate of drug-likeness (QED) is 0.169. The Bertz CT molecular complexity index is 3360. The number of rotatable bonds is 5. The Balaban J connectivity index is 1.13. The minimum atomic E-state index is -0.135. The molecule has 2 aliphatic carbocycles. The Kier molecular flexibility index (Phi) is 7.36. The molecule has 0 bridgehead atoms. The highest BCUT2D eigenvalue weighted by molar-refractivity contribution is 6.24. The van der Waals surface area contributed by atoms with E-state index in [9.17, 15) is 0 Å². The van der Waals surface area contributed by atoms with Crippen LogP contribution in [0.1, 0.15) is 49.9 Å². The minimum Gasteiger partial charge on any atom is -0.310 e. The summed E-state index contributed by atoms with van der Waals surface area (Å²) in [6, 6.07) is 72.4. The molecule has 0 aliphatic heterocycles. The molecule has 0 amide bonds. The molecule has 1 aromatic heterocycles. The normalized spacial score (nSPS) is 14.3. The highest BCUT2D eigenvalue weighted by Crippen LogP contribution is 2.53. The third-order valence-electron chi connectivity index (χ3n) is 13.8. The molecular formula is C58H44N2. The molecule has 286 valence electrons. The summed E-state index contributed by atoms with van der Waals surface area (Å²) in [6.07, 6.45) is 0. The molecule has 0 spiro atoms. The molecule has 0 atom stereocenters. The summed E-state index contributed by atoms with van der Waals surface area (Å²) < 4.78 is 2.51. The first-order valence-corrected chi connectivity index (χ1v) is 21.2. The monoisotopic (exact) mass is 768 g/mol. The molecular weight excluding hydrogens is 725 g/mol. The molecule has 9 aromatic carbocycles. The van der Waals surface area contributed by atoms with Crippen molar-refractivity contribution in [3.63, 3.8) is 0 Å². The first-order chi connectivity index (χ1) is 29.3. The van der Waals surface area contributed by atoms with Crippen molar-refractivity contribution in [3.8, 4) is 39.1 Å². The van der Waals surface area contributed by atoms with Crippen molar-refractivity contribution in [3.05, 3.63) is 216 Å². The lowest BCUT2D eigenvalue weighted by Crippen LogP contribution is -2.16. The van der Waals surface area contributed by atoms with Crippen LogP contribution in [0.4, 0.5) is 17.1 Å². The summed E-state index contributed by atoms with van der Waals surface area (Å²) in [5, 5.41) is 4.99. The van der Waals surface area contributed by atoms with Crippen LogP contribution in [0.3, 0.4) is 0 Å². The fourth-order valence-corrected chi connectivity index (χ4v) is 10.8. The molecule has 0 saturated heterocycles. The van der Waals surface area contributed by atoms with Crippen molar-refractivity contribution in [2.24, 2.45) is 0 Å². The van der Waals surface area contributed by atoms with Crippen LogP contribution in [0.2, 0.25) is 0 Å². The van der Waals surface area contributed by atoms with Crippen molar-refractivity contribution in [1.29, 1.82) is 0 Å². The Morgan fingerprint density at radius 1 is 0.367 bits per heavy atom. The van der Waals surface area contributed by atoms with Crippen molar-refractivity contribution in [2.75, 3.05) is 4.90 Å². The molecule has 2 heteroatoms. The number of aromatic nitrogens is 1. The van der Waals surface area contributed by atoms with Gasteiger partial charge in [0.1, 0.15) is 0 Å². The smallest absolute Gasteiger partial charge is 0.0568 e. The topological polar surface area (TPSA) is 8.17 Å². The van der Waals surface area contributed by atoms with Crippen molar-refractivity contribution < 1.29 is 0 Å². The van der Waals surface area contributed by atoms with Gasteiger partial charge in [-0.15, -0.1) is 0 Å². The summed E-state index contributed by atoms with van der Waals surface area (Å²) in [5.74, 6) is 0. The number of hydrogen-bond donors (Lipinski definition) is 0. The Morgan fingerprint density at radius 2 is 0.883 bits per heavy atom. The number of para-hydroxylation sites is 1. The third-order valence-corrected chi connectivity index (χ3v) is 13.8. The zero-order chi connectivity index (χ0) is 40.3. The van der Waals surface area contributed by atoms with E-state index in [4.69, 9.17) is 0 Å². The molecule has 12 rings (SSSR count). The summed E-state index contributed by atoms with van der Waals surface area (Å²) >= 11 is 0. The maximum absolute atomic E-state index is 2.51. The zero-order valence-corrected chi connectivity index (χ0v) is 34.4. The van der Waals surface area contributed by atoms with Gasteiger partial charge in [0.25, 0.3) is 0 Å². The number of nitrogens with zero attached hydrogens (tertiary/aromatic N) is 2. The van der Waals surface area contributed by atoms with Gasteiger partial charge in [-0.3, -0.25) is 0 Å². The van der Waals surface area contributed by atoms with Gasteiger partial charge >= 0.3 is 0 Å². The average molecular weight is 769 g/mol. The average Bonchev–Trinajstić information content (AvgIpc) is 3.83. The number of benzene rings is 9. The van der Waals surface area contributed by atoms with E-state index >= 15 is 0 Å². The maximum atomic E-state index is 2.51. The van der Waals surface area contributed by atoms with Gasteiger partial charge in [-0.05, 0) is 110 Å². The van der Waals surface area contributed by atoms with Gasteiger partial charge in [-0.1, -0.05) is 173 Å². The molecule has 10 aromatic rings. The summed E-state index contributed by atoms with van der Waals surface area (Å²) in [7, 11) is 0. The van der Waals surface area contributed by atoms with E-state index in [2.05, 4.69) is 231 Å². The van der Waals surface area contributed by atoms with Crippen LogP contribution in [-0.4, -0.2) is 4.57 Å². The SMILES string of the molecule is CC1(C)c2ccccc2-c2ccc(N(c3ccc(-c4ccccc4)cc3)c3cc4c(c5ccccc35)c3ccccc3n4-c3ccc4c(c3)C(C)(C)c3ccccc3-4)cc21. The van der Waals surface area contributed by atoms with Crippen molar-refractivity contribution in [2.45, 2.75) is 38.5 Å². The van der Waals surface area contributed by atoms with Gasteiger partial charge in [0.2, 0.25) is 0 Å². The zero-order valence-electron chi connectivity index (χ0n) is 34.4. The molecule has 60 heavy (non-hydrogen) atoms. The second-order valence-corrected chi connectivity index (χ2v) is 17.7. The summed E-state index contributed by atoms with van der Waals surface area (Å²) in [5.41, 5.74) is 20.0. The van der Waals surface area contributed by atoms with Gasteiger partial charge in [0.05, 0.1) is 16.7 Å². The molecule has 0 unspecified atom stereocenters. The lowest BCUT2D eigenvalue weighted by Gasteiger charge is -2.29. The lowest BCUT2D eigenvalue weighted by molar-refractivity contribution is 0.660. The molecule has 2 aliphatic rings. The maximum Gasteiger partial charge on any atom is 0.0568 e. The third kappa shape index (κ3) is 4.88. The number of hydrogen-bond acceptors (Lipinski definition) is 1. The van der Waals surface area contributed by atoms with Crippen LogP contribution >= 0.6 is 0 Å². The molecule has 0 fully saturated rings. The lowest BCUT2D eigenvalue weighted by atomic mass is 9.82. The van der Waals surface area contributed by atoms with E-state index < -0.39 is 0 Å². The number of anilines is 3. The van der Waals surface area contributed by atoms with Gasteiger partial charge in [-0.2, -0.15) is 0 Å². The van der Waals surface area contributed by atoms with Crippen LogP contribution in [0.25, 0.3) is 71.6 Å². The highest BCUT2D eigenvalue weighted by Gasteiger charge is 2.37. The van der Waals surface area contributed by atoms with E-state index in [0.717, 1.165) is 17.1 Å². The van der Waals surface area contributed by atoms with E-state index in [1.54, 1.807) is 0 Å². The van der Waals surface area contributed by atoms with Gasteiger partial charge in [0.15, 0.2) is 0 Å². The van der Waals surface area contributed by atoms with Crippen molar-refractivity contribution >= 4 is 49.6 Å². The standard InChI is InChI=1S/C58H44N2/c1-57(2)49-23-13-10-18-42(49)44-32-30-40(34-51(44)57)59(39-28-26-38(27-29-39)37-16-6-5-7-17-37)54-36-55-56(47-21-9-8-20-46(47)54)48-22-12-15-25-53(48)60(55)41-31-33-45-43-19-11-14-24-50(43)58(3,4)52(45)35-41/h5-36H,1-4H3. The van der Waals surface area contributed by atoms with Gasteiger partial charge in [0, 0.05) is 44.1 Å². The first kappa shape index (κ1) is 34.8. The van der Waals surface area contributed by atoms with Crippen LogP contribution in [-0.2, 0) is 10.8 Å². The first-order valence-electron chi connectivity index (χ1n) is 21.2. The second kappa shape index (κ2) is 12.7. The Morgan fingerprint density at radius 3 is 1.58 bits per heavy atom. The predicted molar refractivity (Wildman–Crippen MR) is 254 cm³/mol. The highest BCUT2D eigenvalue weighted by atomic mass is 15.1. The minimum absolute atomic E-state index is 0.109. The van der Waals surface area contributed by atoms with E-state index in [1.165, 1.54) is 93.9 Å².